The van der Waals surface area contributed by atoms with Gasteiger partial charge in [-0.2, -0.15) is 0 Å². The first-order chi connectivity index (χ1) is 13.6. The number of morpholine rings is 1. The lowest BCUT2D eigenvalue weighted by molar-refractivity contribution is 0.0294. The molecule has 2 amide bonds. The maximum Gasteiger partial charge on any atom is 0.290 e. The van der Waals surface area contributed by atoms with Crippen molar-refractivity contribution in [1.29, 1.82) is 0 Å². The molecule has 1 aromatic carbocycles. The van der Waals surface area contributed by atoms with Crippen LogP contribution in [0.15, 0.2) is 48.7 Å². The van der Waals surface area contributed by atoms with E-state index in [2.05, 4.69) is 10.3 Å². The van der Waals surface area contributed by atoms with Crippen LogP contribution in [0.5, 0.6) is 0 Å². The summed E-state index contributed by atoms with van der Waals surface area (Å²) in [4.78, 5) is 31.8. The van der Waals surface area contributed by atoms with E-state index in [4.69, 9.17) is 16.3 Å². The van der Waals surface area contributed by atoms with Gasteiger partial charge >= 0.3 is 0 Å². The van der Waals surface area contributed by atoms with Crippen molar-refractivity contribution in [1.82, 2.24) is 19.6 Å². The van der Waals surface area contributed by atoms with Crippen molar-refractivity contribution in [2.45, 2.75) is 6.54 Å². The van der Waals surface area contributed by atoms with Gasteiger partial charge in [0.15, 0.2) is 5.69 Å². The molecule has 1 saturated heterocycles. The van der Waals surface area contributed by atoms with Crippen LogP contribution in [0.3, 0.4) is 0 Å². The first-order valence-electron chi connectivity index (χ1n) is 9.01. The van der Waals surface area contributed by atoms with Crippen molar-refractivity contribution in [2.75, 3.05) is 26.3 Å². The largest absolute Gasteiger partial charge is 0.378 e. The molecule has 1 fully saturated rings. The van der Waals surface area contributed by atoms with Crippen LogP contribution in [0.2, 0.25) is 5.02 Å². The number of fused-ring (bicyclic) bond motifs is 1. The SMILES string of the molecule is O=C(NCc1ccccc1Cl)c1nc(C(=O)N2CCOCC2)n2ccccc12. The molecule has 144 valence electrons. The molecule has 28 heavy (non-hydrogen) atoms. The standard InChI is InChI=1S/C20H19ClN4O3/c21-15-6-2-1-5-14(15)13-22-19(26)17-16-7-3-4-8-25(16)18(23-17)20(27)24-9-11-28-12-10-24/h1-8H,9-13H2,(H,22,26). The fraction of sp³-hybridized carbons (Fsp3) is 0.250. The summed E-state index contributed by atoms with van der Waals surface area (Å²) in [7, 11) is 0. The first-order valence-corrected chi connectivity index (χ1v) is 9.38. The highest BCUT2D eigenvalue weighted by atomic mass is 35.5. The van der Waals surface area contributed by atoms with Gasteiger partial charge in [0.1, 0.15) is 0 Å². The van der Waals surface area contributed by atoms with Gasteiger partial charge in [-0.3, -0.25) is 14.0 Å². The number of carbonyl (C=O) groups is 2. The van der Waals surface area contributed by atoms with E-state index in [0.29, 0.717) is 36.8 Å². The average Bonchev–Trinajstić information content (AvgIpc) is 3.13. The summed E-state index contributed by atoms with van der Waals surface area (Å²) in [5, 5.41) is 3.42. The maximum absolute atomic E-state index is 12.9. The third-order valence-electron chi connectivity index (χ3n) is 4.65. The summed E-state index contributed by atoms with van der Waals surface area (Å²) in [6.07, 6.45) is 1.74. The topological polar surface area (TPSA) is 75.9 Å². The number of nitrogens with one attached hydrogen (secondary N) is 1. The molecule has 7 nitrogen and oxygen atoms in total. The number of amides is 2. The lowest BCUT2D eigenvalue weighted by atomic mass is 10.2. The Kier molecular flexibility index (Phi) is 5.27. The van der Waals surface area contributed by atoms with Gasteiger partial charge in [0.25, 0.3) is 11.8 Å². The Balaban J connectivity index is 1.61. The van der Waals surface area contributed by atoms with E-state index in [9.17, 15) is 9.59 Å². The lowest BCUT2D eigenvalue weighted by Crippen LogP contribution is -2.41. The minimum Gasteiger partial charge on any atom is -0.378 e. The van der Waals surface area contributed by atoms with E-state index in [1.165, 1.54) is 0 Å². The molecule has 0 aliphatic carbocycles. The average molecular weight is 399 g/mol. The van der Waals surface area contributed by atoms with Crippen LogP contribution in [-0.4, -0.2) is 52.4 Å². The number of hydrogen-bond donors (Lipinski definition) is 1. The number of carbonyl (C=O) groups excluding carboxylic acids is 2. The third-order valence-corrected chi connectivity index (χ3v) is 5.02. The fourth-order valence-electron chi connectivity index (χ4n) is 3.16. The second-order valence-electron chi connectivity index (χ2n) is 6.42. The lowest BCUT2D eigenvalue weighted by Gasteiger charge is -2.26. The van der Waals surface area contributed by atoms with Crippen LogP contribution in [0.25, 0.3) is 5.52 Å². The Bertz CT molecular complexity index is 1030. The molecule has 0 saturated carbocycles. The number of halogens is 1. The molecular weight excluding hydrogens is 380 g/mol. The fourth-order valence-corrected chi connectivity index (χ4v) is 3.37. The number of imidazole rings is 1. The van der Waals surface area contributed by atoms with E-state index in [1.54, 1.807) is 33.7 Å². The Morgan fingerprint density at radius 1 is 1.11 bits per heavy atom. The molecule has 2 aromatic heterocycles. The van der Waals surface area contributed by atoms with Gasteiger partial charge < -0.3 is 15.0 Å². The highest BCUT2D eigenvalue weighted by Gasteiger charge is 2.26. The Morgan fingerprint density at radius 2 is 1.86 bits per heavy atom. The predicted octanol–water partition coefficient (Wildman–Crippen LogP) is 2.39. The van der Waals surface area contributed by atoms with Crippen LogP contribution in [0.4, 0.5) is 0 Å². The van der Waals surface area contributed by atoms with Gasteiger partial charge in [-0.05, 0) is 23.8 Å². The summed E-state index contributed by atoms with van der Waals surface area (Å²) in [6, 6.07) is 12.7. The summed E-state index contributed by atoms with van der Waals surface area (Å²) in [5.41, 5.74) is 1.60. The predicted molar refractivity (Wildman–Crippen MR) is 105 cm³/mol. The van der Waals surface area contributed by atoms with Crippen molar-refractivity contribution in [3.8, 4) is 0 Å². The highest BCUT2D eigenvalue weighted by molar-refractivity contribution is 6.31. The molecule has 1 aliphatic heterocycles. The zero-order valence-electron chi connectivity index (χ0n) is 15.1. The molecular formula is C20H19ClN4O3. The van der Waals surface area contributed by atoms with Crippen molar-refractivity contribution >= 4 is 28.9 Å². The first kappa shape index (κ1) is 18.5. The Hall–Kier alpha value is -2.90. The summed E-state index contributed by atoms with van der Waals surface area (Å²) in [5.74, 6) is -0.348. The smallest absolute Gasteiger partial charge is 0.290 e. The van der Waals surface area contributed by atoms with Gasteiger partial charge in [-0.1, -0.05) is 35.9 Å². The normalized spacial score (nSPS) is 14.2. The number of benzene rings is 1. The molecule has 1 N–H and O–H groups in total. The molecule has 0 radical (unpaired) electrons. The van der Waals surface area contributed by atoms with Crippen LogP contribution >= 0.6 is 11.6 Å². The summed E-state index contributed by atoms with van der Waals surface area (Å²) >= 11 is 6.15. The van der Waals surface area contributed by atoms with E-state index < -0.39 is 0 Å². The van der Waals surface area contributed by atoms with E-state index in [1.807, 2.05) is 24.3 Å². The third kappa shape index (κ3) is 3.58. The molecule has 3 aromatic rings. The molecule has 8 heteroatoms. The second kappa shape index (κ2) is 8.00. The zero-order valence-corrected chi connectivity index (χ0v) is 15.9. The number of nitrogens with zero attached hydrogens (tertiary/aromatic N) is 3. The maximum atomic E-state index is 12.9. The molecule has 0 atom stereocenters. The number of ether oxygens (including phenoxy) is 1. The number of aromatic nitrogens is 2. The van der Waals surface area contributed by atoms with Gasteiger partial charge in [-0.25, -0.2) is 4.98 Å². The van der Waals surface area contributed by atoms with Crippen LogP contribution in [-0.2, 0) is 11.3 Å². The van der Waals surface area contributed by atoms with E-state index in [0.717, 1.165) is 5.56 Å². The monoisotopic (exact) mass is 398 g/mol. The van der Waals surface area contributed by atoms with E-state index >= 15 is 0 Å². The van der Waals surface area contributed by atoms with Crippen molar-refractivity contribution < 1.29 is 14.3 Å². The molecule has 0 unspecified atom stereocenters. The van der Waals surface area contributed by atoms with Crippen molar-refractivity contribution in [3.63, 3.8) is 0 Å². The molecule has 3 heterocycles. The van der Waals surface area contributed by atoms with E-state index in [-0.39, 0.29) is 29.9 Å². The molecule has 0 spiro atoms. The van der Waals surface area contributed by atoms with Gasteiger partial charge in [0.2, 0.25) is 5.82 Å². The molecule has 4 rings (SSSR count). The highest BCUT2D eigenvalue weighted by Crippen LogP contribution is 2.17. The number of rotatable bonds is 4. The van der Waals surface area contributed by atoms with Gasteiger partial charge in [-0.15, -0.1) is 0 Å². The summed E-state index contributed by atoms with van der Waals surface area (Å²) < 4.78 is 6.96. The number of pyridine rings is 1. The zero-order chi connectivity index (χ0) is 19.5. The second-order valence-corrected chi connectivity index (χ2v) is 6.83. The molecule has 1 aliphatic rings. The Labute approximate surface area is 166 Å². The Morgan fingerprint density at radius 3 is 2.64 bits per heavy atom. The van der Waals surface area contributed by atoms with Gasteiger partial charge in [0.05, 0.1) is 18.7 Å². The molecule has 0 bridgehead atoms. The minimum atomic E-state index is -0.357. The van der Waals surface area contributed by atoms with Crippen molar-refractivity contribution in [3.05, 3.63) is 70.8 Å². The van der Waals surface area contributed by atoms with Crippen molar-refractivity contribution in [2.24, 2.45) is 0 Å². The quantitative estimate of drug-likeness (QED) is 0.732. The number of hydrogen-bond acceptors (Lipinski definition) is 4. The van der Waals surface area contributed by atoms with Gasteiger partial charge in [0, 0.05) is 30.9 Å². The van der Waals surface area contributed by atoms with Crippen LogP contribution in [0, 0.1) is 0 Å². The summed E-state index contributed by atoms with van der Waals surface area (Å²) in [6.45, 7) is 2.29. The van der Waals surface area contributed by atoms with Crippen LogP contribution < -0.4 is 5.32 Å². The van der Waals surface area contributed by atoms with Crippen LogP contribution in [0.1, 0.15) is 26.7 Å². The minimum absolute atomic E-state index is 0.212.